The quantitative estimate of drug-likeness (QED) is 0.343. The first kappa shape index (κ1) is 14.1. The Morgan fingerprint density at radius 2 is 2.07 bits per heavy atom. The van der Waals surface area contributed by atoms with Gasteiger partial charge in [0.25, 0.3) is 0 Å². The van der Waals surface area contributed by atoms with E-state index in [4.69, 9.17) is 14.9 Å². The molecule has 1 atom stereocenters. The first-order valence-electron chi connectivity index (χ1n) is 5.19. The van der Waals surface area contributed by atoms with Gasteiger partial charge in [0.2, 0.25) is 0 Å². The molecule has 0 fully saturated rings. The Kier molecular flexibility index (Phi) is 7.95. The Hall–Kier alpha value is -0.870. The molecular formula is C11H20O4. The molecule has 2 N–H and O–H groups in total. The summed E-state index contributed by atoms with van der Waals surface area (Å²) >= 11 is 0. The van der Waals surface area contributed by atoms with Crippen molar-refractivity contribution in [1.29, 1.82) is 0 Å². The third kappa shape index (κ3) is 8.15. The molecule has 0 aliphatic heterocycles. The van der Waals surface area contributed by atoms with Crippen LogP contribution in [0.25, 0.3) is 0 Å². The van der Waals surface area contributed by atoms with Crippen molar-refractivity contribution in [3.8, 4) is 0 Å². The summed E-state index contributed by atoms with van der Waals surface area (Å²) in [6.45, 7) is 5.18. The van der Waals surface area contributed by atoms with E-state index >= 15 is 0 Å². The van der Waals surface area contributed by atoms with Crippen LogP contribution >= 0.6 is 0 Å². The fourth-order valence-corrected chi connectivity index (χ4v) is 1.05. The number of carbonyl (C=O) groups excluding carboxylic acids is 1. The van der Waals surface area contributed by atoms with E-state index in [1.54, 1.807) is 0 Å². The highest BCUT2D eigenvalue weighted by Gasteiger charge is 2.02. The Morgan fingerprint density at radius 3 is 2.60 bits per heavy atom. The Bertz CT molecular complexity index is 201. The van der Waals surface area contributed by atoms with Crippen LogP contribution in [0.2, 0.25) is 0 Å². The van der Waals surface area contributed by atoms with Crippen molar-refractivity contribution in [2.75, 3.05) is 13.2 Å². The number of ether oxygens (including phenoxy) is 1. The van der Waals surface area contributed by atoms with Gasteiger partial charge in [0.1, 0.15) is 0 Å². The minimum absolute atomic E-state index is 0.147. The topological polar surface area (TPSA) is 66.8 Å². The minimum Gasteiger partial charge on any atom is -0.491 e. The van der Waals surface area contributed by atoms with Gasteiger partial charge in [-0.1, -0.05) is 13.0 Å². The number of carbonyl (C=O) groups is 1. The van der Waals surface area contributed by atoms with Crippen molar-refractivity contribution in [3.63, 3.8) is 0 Å². The molecule has 0 heterocycles. The van der Waals surface area contributed by atoms with Crippen molar-refractivity contribution in [1.82, 2.24) is 0 Å². The highest BCUT2D eigenvalue weighted by Crippen LogP contribution is 2.05. The molecule has 1 unspecified atom stereocenters. The Labute approximate surface area is 90.6 Å². The summed E-state index contributed by atoms with van der Waals surface area (Å²) in [4.78, 5) is 10.7. The largest absolute Gasteiger partial charge is 0.491 e. The zero-order valence-electron chi connectivity index (χ0n) is 9.24. The van der Waals surface area contributed by atoms with Crippen LogP contribution in [-0.2, 0) is 9.53 Å². The number of aliphatic hydroxyl groups is 2. The monoisotopic (exact) mass is 216 g/mol. The van der Waals surface area contributed by atoms with Crippen LogP contribution in [0.5, 0.6) is 0 Å². The van der Waals surface area contributed by atoms with Gasteiger partial charge in [0.15, 0.2) is 11.5 Å². The molecule has 0 aromatic rings. The van der Waals surface area contributed by atoms with Gasteiger partial charge >= 0.3 is 0 Å². The molecule has 0 rings (SSSR count). The molecule has 0 saturated heterocycles. The Balaban J connectivity index is 3.25. The van der Waals surface area contributed by atoms with Crippen molar-refractivity contribution >= 4 is 5.78 Å². The van der Waals surface area contributed by atoms with E-state index in [9.17, 15) is 4.79 Å². The van der Waals surface area contributed by atoms with Crippen molar-refractivity contribution < 1.29 is 19.7 Å². The molecule has 0 aromatic carbocycles. The van der Waals surface area contributed by atoms with Gasteiger partial charge in [-0.05, 0) is 19.3 Å². The average molecular weight is 216 g/mol. The van der Waals surface area contributed by atoms with Crippen LogP contribution in [0.1, 0.15) is 32.6 Å². The number of allylic oxidation sites excluding steroid dienone is 1. The van der Waals surface area contributed by atoms with Crippen molar-refractivity contribution in [2.45, 2.75) is 38.7 Å². The number of ketones is 1. The van der Waals surface area contributed by atoms with Crippen LogP contribution in [0.3, 0.4) is 0 Å². The van der Waals surface area contributed by atoms with E-state index in [1.165, 1.54) is 6.92 Å². The molecule has 0 aliphatic carbocycles. The number of hydrogen-bond donors (Lipinski definition) is 2. The molecule has 0 aliphatic rings. The van der Waals surface area contributed by atoms with Crippen LogP contribution in [0.4, 0.5) is 0 Å². The van der Waals surface area contributed by atoms with Crippen LogP contribution in [0.15, 0.2) is 12.3 Å². The number of hydrogen-bond acceptors (Lipinski definition) is 4. The van der Waals surface area contributed by atoms with Crippen LogP contribution in [-0.4, -0.2) is 35.3 Å². The van der Waals surface area contributed by atoms with Gasteiger partial charge in [0.05, 0.1) is 19.3 Å². The maximum Gasteiger partial charge on any atom is 0.193 e. The molecule has 4 heteroatoms. The van der Waals surface area contributed by atoms with E-state index in [-0.39, 0.29) is 18.1 Å². The molecule has 0 saturated carbocycles. The first-order chi connectivity index (χ1) is 7.07. The predicted octanol–water partition coefficient (Wildman–Crippen LogP) is 1.02. The van der Waals surface area contributed by atoms with Gasteiger partial charge < -0.3 is 14.9 Å². The standard InChI is InChI=1S/C11H20O4/c1-9(13)10(2)15-7-5-3-4-6-11(14)8-12/h11-12,14H,2-8H2,1H3. The average Bonchev–Trinajstić information content (AvgIpc) is 2.22. The maximum absolute atomic E-state index is 10.7. The summed E-state index contributed by atoms with van der Waals surface area (Å²) in [5, 5.41) is 17.6. The molecule has 0 bridgehead atoms. The first-order valence-corrected chi connectivity index (χ1v) is 5.19. The smallest absolute Gasteiger partial charge is 0.193 e. The normalized spacial score (nSPS) is 12.2. The van der Waals surface area contributed by atoms with Crippen molar-refractivity contribution in [3.05, 3.63) is 12.3 Å². The fraction of sp³-hybridized carbons (Fsp3) is 0.727. The minimum atomic E-state index is -0.613. The van der Waals surface area contributed by atoms with Gasteiger partial charge in [-0.2, -0.15) is 0 Å². The van der Waals surface area contributed by atoms with Gasteiger partial charge in [-0.15, -0.1) is 0 Å². The molecule has 88 valence electrons. The number of unbranched alkanes of at least 4 members (excludes halogenated alkanes) is 2. The van der Waals surface area contributed by atoms with E-state index in [1.807, 2.05) is 0 Å². The van der Waals surface area contributed by atoms with E-state index in [2.05, 4.69) is 6.58 Å². The van der Waals surface area contributed by atoms with Gasteiger partial charge in [-0.3, -0.25) is 4.79 Å². The molecule has 15 heavy (non-hydrogen) atoms. The van der Waals surface area contributed by atoms with Crippen LogP contribution < -0.4 is 0 Å². The molecule has 0 amide bonds. The summed E-state index contributed by atoms with van der Waals surface area (Å²) in [5.41, 5.74) is 0. The summed E-state index contributed by atoms with van der Waals surface area (Å²) < 4.78 is 5.08. The summed E-state index contributed by atoms with van der Waals surface area (Å²) in [7, 11) is 0. The zero-order valence-corrected chi connectivity index (χ0v) is 9.24. The lowest BCUT2D eigenvalue weighted by Gasteiger charge is -2.07. The third-order valence-corrected chi connectivity index (χ3v) is 2.06. The number of Topliss-reactive ketones (excluding diaryl/α,β-unsaturated/α-hetero) is 1. The van der Waals surface area contributed by atoms with E-state index in [0.717, 1.165) is 19.3 Å². The molecule has 0 spiro atoms. The predicted molar refractivity (Wildman–Crippen MR) is 57.3 cm³/mol. The SMILES string of the molecule is C=C(OCCCCCC(O)CO)C(C)=O. The van der Waals surface area contributed by atoms with Crippen molar-refractivity contribution in [2.24, 2.45) is 0 Å². The Morgan fingerprint density at radius 1 is 1.40 bits per heavy atom. The molecular weight excluding hydrogens is 196 g/mol. The third-order valence-electron chi connectivity index (χ3n) is 2.06. The van der Waals surface area contributed by atoms with Gasteiger partial charge in [-0.25, -0.2) is 0 Å². The number of aliphatic hydroxyl groups excluding tert-OH is 2. The lowest BCUT2D eigenvalue weighted by molar-refractivity contribution is -0.116. The highest BCUT2D eigenvalue weighted by atomic mass is 16.5. The molecule has 0 aromatic heterocycles. The summed E-state index contributed by atoms with van der Waals surface area (Å²) in [6.07, 6.45) is 2.56. The van der Waals surface area contributed by atoms with Gasteiger partial charge in [0, 0.05) is 6.92 Å². The molecule has 4 nitrogen and oxygen atoms in total. The van der Waals surface area contributed by atoms with Crippen LogP contribution in [0, 0.1) is 0 Å². The lowest BCUT2D eigenvalue weighted by Crippen LogP contribution is -2.11. The van der Waals surface area contributed by atoms with E-state index in [0.29, 0.717) is 13.0 Å². The maximum atomic E-state index is 10.7. The lowest BCUT2D eigenvalue weighted by atomic mass is 10.1. The second kappa shape index (κ2) is 8.44. The number of rotatable bonds is 9. The second-order valence-corrected chi connectivity index (χ2v) is 3.51. The summed E-state index contributed by atoms with van der Waals surface area (Å²) in [6, 6.07) is 0. The summed E-state index contributed by atoms with van der Waals surface area (Å²) in [5.74, 6) is 0.0519. The highest BCUT2D eigenvalue weighted by molar-refractivity contribution is 5.90. The fourth-order valence-electron chi connectivity index (χ4n) is 1.05. The van der Waals surface area contributed by atoms with E-state index < -0.39 is 6.10 Å². The second-order valence-electron chi connectivity index (χ2n) is 3.51. The molecule has 0 radical (unpaired) electrons. The zero-order chi connectivity index (χ0) is 11.7.